The molecule has 1 aromatic rings. The van der Waals surface area contributed by atoms with Crippen molar-refractivity contribution in [3.63, 3.8) is 0 Å². The van der Waals surface area contributed by atoms with Gasteiger partial charge < -0.3 is 20.5 Å². The molecule has 1 rings (SSSR count). The van der Waals surface area contributed by atoms with Gasteiger partial charge in [0, 0.05) is 26.5 Å². The summed E-state index contributed by atoms with van der Waals surface area (Å²) in [5.74, 6) is 0. The Morgan fingerprint density at radius 3 is 2.88 bits per heavy atom. The largest absolute Gasteiger partial charge is 0.396 e. The Morgan fingerprint density at radius 1 is 1.35 bits per heavy atom. The van der Waals surface area contributed by atoms with Gasteiger partial charge in [0.1, 0.15) is 0 Å². The number of ether oxygens (including phenoxy) is 2. The molecule has 0 atom stereocenters. The van der Waals surface area contributed by atoms with Crippen molar-refractivity contribution < 1.29 is 9.47 Å². The van der Waals surface area contributed by atoms with Gasteiger partial charge in [-0.05, 0) is 22.4 Å². The third kappa shape index (κ3) is 5.34. The van der Waals surface area contributed by atoms with Crippen LogP contribution < -0.4 is 11.1 Å². The molecule has 6 heteroatoms. The van der Waals surface area contributed by atoms with Crippen LogP contribution in [0.5, 0.6) is 0 Å². The zero-order valence-electron chi connectivity index (χ0n) is 9.91. The Bertz CT molecular complexity index is 316. The van der Waals surface area contributed by atoms with Gasteiger partial charge in [0.2, 0.25) is 0 Å². The number of halogens is 1. The number of nitrogens with two attached hydrogens (primary N) is 1. The molecule has 0 saturated carbocycles. The van der Waals surface area contributed by atoms with Gasteiger partial charge in [-0.3, -0.25) is 4.98 Å². The third-order valence-corrected chi connectivity index (χ3v) is 2.73. The molecule has 0 aromatic carbocycles. The van der Waals surface area contributed by atoms with Crippen LogP contribution in [0.3, 0.4) is 0 Å². The summed E-state index contributed by atoms with van der Waals surface area (Å²) in [6, 6.07) is 0. The van der Waals surface area contributed by atoms with Crippen molar-refractivity contribution in [2.24, 2.45) is 0 Å². The second kappa shape index (κ2) is 8.27. The van der Waals surface area contributed by atoms with Crippen LogP contribution in [0.15, 0.2) is 16.9 Å². The highest BCUT2D eigenvalue weighted by atomic mass is 79.9. The van der Waals surface area contributed by atoms with E-state index in [1.54, 1.807) is 19.5 Å². The summed E-state index contributed by atoms with van der Waals surface area (Å²) in [5, 5.41) is 3.25. The lowest BCUT2D eigenvalue weighted by molar-refractivity contribution is 0.0705. The van der Waals surface area contributed by atoms with Crippen molar-refractivity contribution >= 4 is 27.3 Å². The van der Waals surface area contributed by atoms with Gasteiger partial charge >= 0.3 is 0 Å². The first-order valence-corrected chi connectivity index (χ1v) is 6.24. The molecule has 0 saturated heterocycles. The Kier molecular flexibility index (Phi) is 6.91. The van der Waals surface area contributed by atoms with Gasteiger partial charge in [0.25, 0.3) is 0 Å². The Morgan fingerprint density at radius 2 is 2.18 bits per heavy atom. The van der Waals surface area contributed by atoms with E-state index in [0.717, 1.165) is 23.1 Å². The van der Waals surface area contributed by atoms with E-state index in [1.165, 1.54) is 0 Å². The van der Waals surface area contributed by atoms with Crippen LogP contribution in [-0.4, -0.2) is 38.5 Å². The van der Waals surface area contributed by atoms with Gasteiger partial charge in [-0.25, -0.2) is 0 Å². The standard InChI is InChI=1S/C11H18BrN3O2/c1-16-5-6-17-4-2-3-15-11-9(12)7-14-8-10(11)13/h7-8H,2-6,13H2,1H3,(H,14,15). The maximum atomic E-state index is 5.80. The van der Waals surface area contributed by atoms with E-state index in [0.29, 0.717) is 25.5 Å². The van der Waals surface area contributed by atoms with Crippen molar-refractivity contribution in [2.75, 3.05) is 44.5 Å². The minimum atomic E-state index is 0.635. The smallest absolute Gasteiger partial charge is 0.0750 e. The molecule has 96 valence electrons. The maximum absolute atomic E-state index is 5.80. The van der Waals surface area contributed by atoms with Crippen molar-refractivity contribution in [3.8, 4) is 0 Å². The molecular weight excluding hydrogens is 286 g/mol. The Labute approximate surface area is 110 Å². The number of hydrogen-bond donors (Lipinski definition) is 2. The lowest BCUT2D eigenvalue weighted by Gasteiger charge is -2.10. The molecule has 1 aromatic heterocycles. The molecule has 0 fully saturated rings. The van der Waals surface area contributed by atoms with Crippen LogP contribution >= 0.6 is 15.9 Å². The first kappa shape index (κ1) is 14.2. The SMILES string of the molecule is COCCOCCCNc1c(N)cncc1Br. The summed E-state index contributed by atoms with van der Waals surface area (Å²) >= 11 is 3.40. The maximum Gasteiger partial charge on any atom is 0.0750 e. The van der Waals surface area contributed by atoms with E-state index in [-0.39, 0.29) is 0 Å². The van der Waals surface area contributed by atoms with Crippen molar-refractivity contribution in [2.45, 2.75) is 6.42 Å². The Hall–Kier alpha value is -0.850. The molecule has 17 heavy (non-hydrogen) atoms. The number of nitrogen functional groups attached to an aromatic ring is 1. The number of rotatable bonds is 8. The van der Waals surface area contributed by atoms with Crippen molar-refractivity contribution in [3.05, 3.63) is 16.9 Å². The molecule has 0 bridgehead atoms. The lowest BCUT2D eigenvalue weighted by atomic mass is 10.3. The van der Waals surface area contributed by atoms with Crippen LogP contribution in [0.1, 0.15) is 6.42 Å². The second-order valence-electron chi connectivity index (χ2n) is 3.47. The van der Waals surface area contributed by atoms with E-state index in [9.17, 15) is 0 Å². The fourth-order valence-electron chi connectivity index (χ4n) is 1.27. The third-order valence-electron chi connectivity index (χ3n) is 2.13. The van der Waals surface area contributed by atoms with Crippen LogP contribution in [0.2, 0.25) is 0 Å². The van der Waals surface area contributed by atoms with Gasteiger partial charge in [-0.1, -0.05) is 0 Å². The lowest BCUT2D eigenvalue weighted by Crippen LogP contribution is -2.09. The van der Waals surface area contributed by atoms with Gasteiger partial charge in [0.15, 0.2) is 0 Å². The average Bonchev–Trinajstić information content (AvgIpc) is 2.31. The molecule has 0 amide bonds. The average molecular weight is 304 g/mol. The summed E-state index contributed by atoms with van der Waals surface area (Å²) in [6.07, 6.45) is 4.26. The van der Waals surface area contributed by atoms with E-state index in [2.05, 4.69) is 26.2 Å². The predicted octanol–water partition coefficient (Wildman–Crippen LogP) is 1.89. The number of hydrogen-bond acceptors (Lipinski definition) is 5. The van der Waals surface area contributed by atoms with Crippen molar-refractivity contribution in [1.29, 1.82) is 0 Å². The molecule has 1 heterocycles. The molecule has 0 spiro atoms. The molecular formula is C11H18BrN3O2. The summed E-state index contributed by atoms with van der Waals surface area (Å²) in [4.78, 5) is 3.97. The van der Waals surface area contributed by atoms with Gasteiger partial charge in [-0.15, -0.1) is 0 Å². The zero-order chi connectivity index (χ0) is 12.5. The minimum absolute atomic E-state index is 0.635. The van der Waals surface area contributed by atoms with Gasteiger partial charge in [-0.2, -0.15) is 0 Å². The van der Waals surface area contributed by atoms with E-state index >= 15 is 0 Å². The Balaban J connectivity index is 2.18. The first-order chi connectivity index (χ1) is 8.25. The number of nitrogens with one attached hydrogen (secondary N) is 1. The fourth-order valence-corrected chi connectivity index (χ4v) is 1.76. The topological polar surface area (TPSA) is 69.4 Å². The monoisotopic (exact) mass is 303 g/mol. The molecule has 0 unspecified atom stereocenters. The summed E-state index contributed by atoms with van der Waals surface area (Å²) in [7, 11) is 1.66. The van der Waals surface area contributed by atoms with Crippen LogP contribution in [0.25, 0.3) is 0 Å². The number of anilines is 2. The first-order valence-electron chi connectivity index (χ1n) is 5.45. The minimum Gasteiger partial charge on any atom is -0.396 e. The highest BCUT2D eigenvalue weighted by molar-refractivity contribution is 9.10. The summed E-state index contributed by atoms with van der Waals surface area (Å²) in [5.41, 5.74) is 7.32. The van der Waals surface area contributed by atoms with E-state index in [1.807, 2.05) is 0 Å². The molecule has 5 nitrogen and oxygen atoms in total. The van der Waals surface area contributed by atoms with E-state index < -0.39 is 0 Å². The fraction of sp³-hybridized carbons (Fsp3) is 0.545. The van der Waals surface area contributed by atoms with Gasteiger partial charge in [0.05, 0.1) is 35.3 Å². The van der Waals surface area contributed by atoms with Crippen LogP contribution in [0, 0.1) is 0 Å². The quantitative estimate of drug-likeness (QED) is 0.718. The predicted molar refractivity (Wildman–Crippen MR) is 72.2 cm³/mol. The molecule has 0 aliphatic rings. The van der Waals surface area contributed by atoms with Crippen LogP contribution in [-0.2, 0) is 9.47 Å². The normalized spacial score (nSPS) is 10.5. The van der Waals surface area contributed by atoms with Crippen LogP contribution in [0.4, 0.5) is 11.4 Å². The summed E-state index contributed by atoms with van der Waals surface area (Å²) < 4.78 is 11.1. The zero-order valence-corrected chi connectivity index (χ0v) is 11.5. The highest BCUT2D eigenvalue weighted by Gasteiger charge is 2.03. The second-order valence-corrected chi connectivity index (χ2v) is 4.33. The summed E-state index contributed by atoms with van der Waals surface area (Å²) in [6.45, 7) is 2.78. The number of aromatic nitrogens is 1. The van der Waals surface area contributed by atoms with Crippen molar-refractivity contribution in [1.82, 2.24) is 4.98 Å². The number of pyridine rings is 1. The number of methoxy groups -OCH3 is 1. The highest BCUT2D eigenvalue weighted by Crippen LogP contribution is 2.26. The molecule has 0 radical (unpaired) electrons. The van der Waals surface area contributed by atoms with E-state index in [4.69, 9.17) is 15.2 Å². The molecule has 3 N–H and O–H groups in total. The number of nitrogens with zero attached hydrogens (tertiary/aromatic N) is 1. The molecule has 0 aliphatic carbocycles. The molecule has 0 aliphatic heterocycles.